The predicted molar refractivity (Wildman–Crippen MR) is 68.1 cm³/mol. The van der Waals surface area contributed by atoms with Crippen LogP contribution in [0.4, 0.5) is 5.13 Å². The van der Waals surface area contributed by atoms with E-state index in [4.69, 9.17) is 0 Å². The smallest absolute Gasteiger partial charge is 0.231 e. The molecule has 0 saturated carbocycles. The minimum Gasteiger partial charge on any atom is -0.337 e. The van der Waals surface area contributed by atoms with Gasteiger partial charge in [0.15, 0.2) is 0 Å². The average Bonchev–Trinajstić information content (AvgIpc) is 2.85. The van der Waals surface area contributed by atoms with E-state index in [0.717, 1.165) is 0 Å². The molecule has 1 aliphatic heterocycles. The average molecular weight is 268 g/mol. The molecule has 18 heavy (non-hydrogen) atoms. The van der Waals surface area contributed by atoms with E-state index in [-0.39, 0.29) is 29.7 Å². The molecular formula is C11H16N4O2S. The van der Waals surface area contributed by atoms with Crippen molar-refractivity contribution in [2.24, 2.45) is 5.92 Å². The third kappa shape index (κ3) is 2.66. The zero-order chi connectivity index (χ0) is 13.3. The summed E-state index contributed by atoms with van der Waals surface area (Å²) < 4.78 is 0. The van der Waals surface area contributed by atoms with Crippen LogP contribution >= 0.6 is 11.3 Å². The molecule has 0 aliphatic carbocycles. The number of carbonyl (C=O) groups is 2. The summed E-state index contributed by atoms with van der Waals surface area (Å²) in [6, 6.07) is 0. The number of anilines is 1. The molecule has 0 spiro atoms. The van der Waals surface area contributed by atoms with Crippen molar-refractivity contribution in [3.63, 3.8) is 0 Å². The van der Waals surface area contributed by atoms with Crippen LogP contribution in [-0.2, 0) is 9.59 Å². The van der Waals surface area contributed by atoms with Crippen molar-refractivity contribution in [1.82, 2.24) is 15.1 Å². The van der Waals surface area contributed by atoms with E-state index < -0.39 is 0 Å². The first kappa shape index (κ1) is 12.9. The molecule has 1 saturated heterocycles. The molecule has 2 rings (SSSR count). The molecule has 2 heterocycles. The Morgan fingerprint density at radius 1 is 1.56 bits per heavy atom. The summed E-state index contributed by atoms with van der Waals surface area (Å²) in [5.41, 5.74) is 1.31. The van der Waals surface area contributed by atoms with Gasteiger partial charge in [-0.1, -0.05) is 11.3 Å². The van der Waals surface area contributed by atoms with Crippen molar-refractivity contribution in [2.45, 2.75) is 32.7 Å². The number of hydrogen-bond acceptors (Lipinski definition) is 5. The highest BCUT2D eigenvalue weighted by Gasteiger charge is 2.39. The lowest BCUT2D eigenvalue weighted by Crippen LogP contribution is -2.42. The van der Waals surface area contributed by atoms with E-state index in [9.17, 15) is 9.59 Å². The second-order valence-corrected chi connectivity index (χ2v) is 6.14. The van der Waals surface area contributed by atoms with Gasteiger partial charge < -0.3 is 10.2 Å². The highest BCUT2D eigenvalue weighted by Crippen LogP contribution is 2.26. The highest BCUT2D eigenvalue weighted by atomic mass is 32.1. The van der Waals surface area contributed by atoms with Crippen LogP contribution in [0.3, 0.4) is 0 Å². The van der Waals surface area contributed by atoms with Gasteiger partial charge in [0.2, 0.25) is 16.9 Å². The van der Waals surface area contributed by atoms with Crippen LogP contribution in [0.15, 0.2) is 5.51 Å². The van der Waals surface area contributed by atoms with E-state index in [2.05, 4.69) is 15.5 Å². The van der Waals surface area contributed by atoms with E-state index in [1.807, 2.05) is 20.8 Å². The van der Waals surface area contributed by atoms with Crippen molar-refractivity contribution in [3.8, 4) is 0 Å². The van der Waals surface area contributed by atoms with E-state index in [1.54, 1.807) is 10.4 Å². The molecule has 2 amide bonds. The van der Waals surface area contributed by atoms with Crippen LogP contribution in [0.1, 0.15) is 27.2 Å². The van der Waals surface area contributed by atoms with Gasteiger partial charge in [0, 0.05) is 18.5 Å². The quantitative estimate of drug-likeness (QED) is 0.872. The zero-order valence-electron chi connectivity index (χ0n) is 10.6. The summed E-state index contributed by atoms with van der Waals surface area (Å²) in [5, 5.41) is 10.6. The largest absolute Gasteiger partial charge is 0.337 e. The fourth-order valence-electron chi connectivity index (χ4n) is 1.97. The number of nitrogens with one attached hydrogen (secondary N) is 1. The first-order chi connectivity index (χ1) is 8.38. The molecule has 1 aliphatic rings. The molecule has 0 unspecified atom stereocenters. The van der Waals surface area contributed by atoms with Gasteiger partial charge in [0.25, 0.3) is 0 Å². The number of nitrogens with zero attached hydrogens (tertiary/aromatic N) is 3. The molecule has 6 nitrogen and oxygen atoms in total. The molecule has 1 aromatic rings. The lowest BCUT2D eigenvalue weighted by Gasteiger charge is -2.31. The molecule has 0 aromatic carbocycles. The number of likely N-dealkylation sites (tertiary alicyclic amines) is 1. The van der Waals surface area contributed by atoms with Gasteiger partial charge in [-0.15, -0.1) is 10.2 Å². The van der Waals surface area contributed by atoms with E-state index in [0.29, 0.717) is 11.7 Å². The van der Waals surface area contributed by atoms with Crippen LogP contribution in [0.2, 0.25) is 0 Å². The number of carbonyl (C=O) groups excluding carboxylic acids is 2. The maximum Gasteiger partial charge on any atom is 0.231 e. The molecule has 1 aromatic heterocycles. The second kappa shape index (κ2) is 4.64. The molecule has 7 heteroatoms. The molecule has 1 fully saturated rings. The lowest BCUT2D eigenvalue weighted by atomic mass is 10.1. The standard InChI is InChI=1S/C11H16N4O2S/c1-11(2,3)15-5-7(4-8(15)16)9(17)13-10-14-12-6-18-10/h6-7H,4-5H2,1-3H3,(H,13,14,17)/t7-/m1/s1. The second-order valence-electron chi connectivity index (χ2n) is 5.31. The van der Waals surface area contributed by atoms with Crippen molar-refractivity contribution in [2.75, 3.05) is 11.9 Å². The summed E-state index contributed by atoms with van der Waals surface area (Å²) >= 11 is 1.26. The highest BCUT2D eigenvalue weighted by molar-refractivity contribution is 7.13. The fourth-order valence-corrected chi connectivity index (χ4v) is 2.41. The summed E-state index contributed by atoms with van der Waals surface area (Å²) in [6.45, 7) is 6.37. The molecule has 0 radical (unpaired) electrons. The summed E-state index contributed by atoms with van der Waals surface area (Å²) in [4.78, 5) is 25.6. The Hall–Kier alpha value is -1.50. The third-order valence-corrected chi connectivity index (χ3v) is 3.50. The normalized spacial score (nSPS) is 20.3. The third-order valence-electron chi connectivity index (χ3n) is 2.90. The molecule has 98 valence electrons. The van der Waals surface area contributed by atoms with Gasteiger partial charge in [-0.2, -0.15) is 0 Å². The Bertz CT molecular complexity index is 452. The van der Waals surface area contributed by atoms with Crippen molar-refractivity contribution in [3.05, 3.63) is 5.51 Å². The Labute approximate surface area is 109 Å². The van der Waals surface area contributed by atoms with Crippen molar-refractivity contribution >= 4 is 28.3 Å². The van der Waals surface area contributed by atoms with Gasteiger partial charge in [0.05, 0.1) is 5.92 Å². The number of amides is 2. The van der Waals surface area contributed by atoms with Gasteiger partial charge >= 0.3 is 0 Å². The molecule has 1 N–H and O–H groups in total. The lowest BCUT2D eigenvalue weighted by molar-refractivity contribution is -0.131. The maximum absolute atomic E-state index is 12.0. The van der Waals surface area contributed by atoms with Gasteiger partial charge in [-0.3, -0.25) is 9.59 Å². The van der Waals surface area contributed by atoms with Crippen LogP contribution in [0.5, 0.6) is 0 Å². The predicted octanol–water partition coefficient (Wildman–Crippen LogP) is 1.12. The van der Waals surface area contributed by atoms with Crippen LogP contribution in [-0.4, -0.2) is 39.0 Å². The number of rotatable bonds is 2. The number of aromatic nitrogens is 2. The summed E-state index contributed by atoms with van der Waals surface area (Å²) in [5.74, 6) is -0.438. The Kier molecular flexibility index (Phi) is 3.34. The van der Waals surface area contributed by atoms with Crippen molar-refractivity contribution < 1.29 is 9.59 Å². The molecule has 0 bridgehead atoms. The monoisotopic (exact) mass is 268 g/mol. The Morgan fingerprint density at radius 2 is 2.28 bits per heavy atom. The van der Waals surface area contributed by atoms with Crippen molar-refractivity contribution in [1.29, 1.82) is 0 Å². The molecule has 1 atom stereocenters. The van der Waals surface area contributed by atoms with E-state index >= 15 is 0 Å². The van der Waals surface area contributed by atoms with Gasteiger partial charge in [-0.05, 0) is 20.8 Å². The minimum atomic E-state index is -0.305. The van der Waals surface area contributed by atoms with Gasteiger partial charge in [0.1, 0.15) is 5.51 Å². The minimum absolute atomic E-state index is 0.0277. The molecular weight excluding hydrogens is 252 g/mol. The van der Waals surface area contributed by atoms with Crippen LogP contribution in [0, 0.1) is 5.92 Å². The fraction of sp³-hybridized carbons (Fsp3) is 0.636. The van der Waals surface area contributed by atoms with E-state index in [1.165, 1.54) is 11.3 Å². The first-order valence-corrected chi connectivity index (χ1v) is 6.63. The Morgan fingerprint density at radius 3 is 2.78 bits per heavy atom. The zero-order valence-corrected chi connectivity index (χ0v) is 11.5. The maximum atomic E-state index is 12.0. The van der Waals surface area contributed by atoms with Crippen LogP contribution in [0.25, 0.3) is 0 Å². The first-order valence-electron chi connectivity index (χ1n) is 5.75. The van der Waals surface area contributed by atoms with Gasteiger partial charge in [-0.25, -0.2) is 0 Å². The van der Waals surface area contributed by atoms with Crippen LogP contribution < -0.4 is 5.32 Å². The number of hydrogen-bond donors (Lipinski definition) is 1. The topological polar surface area (TPSA) is 75.2 Å². The summed E-state index contributed by atoms with van der Waals surface area (Å²) in [6.07, 6.45) is 0.266. The summed E-state index contributed by atoms with van der Waals surface area (Å²) in [7, 11) is 0. The SMILES string of the molecule is CC(C)(C)N1C[C@H](C(=O)Nc2nncs2)CC1=O. The Balaban J connectivity index is 2.00.